The molecule has 1 amide bonds. The van der Waals surface area contributed by atoms with E-state index in [-0.39, 0.29) is 29.8 Å². The summed E-state index contributed by atoms with van der Waals surface area (Å²) in [5, 5.41) is 20.1. The summed E-state index contributed by atoms with van der Waals surface area (Å²) >= 11 is 5.66. The molecule has 18 heavy (non-hydrogen) atoms. The summed E-state index contributed by atoms with van der Waals surface area (Å²) in [5.41, 5.74) is 0.302. The second kappa shape index (κ2) is 6.83. The van der Waals surface area contributed by atoms with Gasteiger partial charge in [-0.2, -0.15) is 0 Å². The van der Waals surface area contributed by atoms with Gasteiger partial charge in [0.2, 0.25) is 0 Å². The third kappa shape index (κ3) is 4.60. The van der Waals surface area contributed by atoms with E-state index >= 15 is 0 Å². The van der Waals surface area contributed by atoms with Gasteiger partial charge < -0.3 is 20.3 Å². The van der Waals surface area contributed by atoms with Crippen LogP contribution in [0.25, 0.3) is 0 Å². The maximum atomic E-state index is 11.6. The maximum Gasteiger partial charge on any atom is 0.329 e. The summed E-state index contributed by atoms with van der Waals surface area (Å²) in [6.45, 7) is -0.116. The minimum Gasteiger partial charge on any atom is -0.506 e. The lowest BCUT2D eigenvalue weighted by molar-refractivity contribution is -0.142. The molecule has 0 bridgehead atoms. The number of nitrogens with one attached hydrogen (secondary N) is 1. The molecule has 0 radical (unpaired) electrons. The van der Waals surface area contributed by atoms with E-state index in [1.165, 1.54) is 18.2 Å². The number of ether oxygens (including phenoxy) is 1. The van der Waals surface area contributed by atoms with Gasteiger partial charge in [0, 0.05) is 12.1 Å². The Morgan fingerprint density at radius 2 is 2.11 bits per heavy atom. The van der Waals surface area contributed by atoms with E-state index < -0.39 is 12.6 Å². The highest BCUT2D eigenvalue weighted by Gasteiger charge is 2.07. The number of carboxylic acids is 1. The zero-order chi connectivity index (χ0) is 13.5. The van der Waals surface area contributed by atoms with Crippen molar-refractivity contribution in [3.8, 4) is 5.75 Å². The van der Waals surface area contributed by atoms with Gasteiger partial charge in [-0.05, 0) is 18.2 Å². The normalized spacial score (nSPS) is 10.1. The second-order valence-electron chi connectivity index (χ2n) is 3.37. The topological polar surface area (TPSA) is 95.9 Å². The summed E-state index contributed by atoms with van der Waals surface area (Å²) in [6, 6.07) is 4.08. The molecule has 0 aliphatic rings. The molecule has 1 rings (SSSR count). The van der Waals surface area contributed by atoms with Crippen molar-refractivity contribution in [2.75, 3.05) is 19.8 Å². The molecule has 0 unspecified atom stereocenters. The summed E-state index contributed by atoms with van der Waals surface area (Å²) in [6.07, 6.45) is 0. The molecule has 3 N–H and O–H groups in total. The molecule has 7 heteroatoms. The lowest BCUT2D eigenvalue weighted by Crippen LogP contribution is -2.27. The Morgan fingerprint density at radius 1 is 1.39 bits per heavy atom. The number of hydrogen-bond acceptors (Lipinski definition) is 4. The largest absolute Gasteiger partial charge is 0.506 e. The molecule has 0 fully saturated rings. The molecule has 0 saturated carbocycles. The van der Waals surface area contributed by atoms with Crippen molar-refractivity contribution in [2.24, 2.45) is 0 Å². The van der Waals surface area contributed by atoms with Gasteiger partial charge in [0.25, 0.3) is 5.91 Å². The number of aliphatic carboxylic acids is 1. The zero-order valence-corrected chi connectivity index (χ0v) is 10.1. The van der Waals surface area contributed by atoms with Crippen molar-refractivity contribution in [1.82, 2.24) is 5.32 Å². The third-order valence-corrected chi connectivity index (χ3v) is 2.27. The minimum atomic E-state index is -1.06. The van der Waals surface area contributed by atoms with Crippen LogP contribution in [0.15, 0.2) is 18.2 Å². The van der Waals surface area contributed by atoms with Crippen molar-refractivity contribution in [3.63, 3.8) is 0 Å². The quantitative estimate of drug-likeness (QED) is 0.669. The van der Waals surface area contributed by atoms with Crippen molar-refractivity contribution >= 4 is 23.5 Å². The van der Waals surface area contributed by atoms with Crippen molar-refractivity contribution in [1.29, 1.82) is 0 Å². The van der Waals surface area contributed by atoms with Crippen molar-refractivity contribution in [3.05, 3.63) is 28.8 Å². The number of carboxylic acid groups (broad SMARTS) is 1. The molecule has 6 nitrogen and oxygen atoms in total. The van der Waals surface area contributed by atoms with Gasteiger partial charge in [-0.25, -0.2) is 4.79 Å². The van der Waals surface area contributed by atoms with Gasteiger partial charge in [-0.3, -0.25) is 4.79 Å². The second-order valence-corrected chi connectivity index (χ2v) is 3.78. The number of hydrogen-bond donors (Lipinski definition) is 3. The van der Waals surface area contributed by atoms with Crippen LogP contribution in [0.1, 0.15) is 10.4 Å². The monoisotopic (exact) mass is 273 g/mol. The Bertz CT molecular complexity index is 449. The SMILES string of the molecule is O=C(O)COCCNC(=O)c1ccc(O)c(Cl)c1. The summed E-state index contributed by atoms with van der Waals surface area (Å²) in [7, 11) is 0. The van der Waals surface area contributed by atoms with Crippen LogP contribution in [0.3, 0.4) is 0 Å². The van der Waals surface area contributed by atoms with E-state index in [0.29, 0.717) is 5.56 Å². The Morgan fingerprint density at radius 3 is 2.72 bits per heavy atom. The molecule has 0 aliphatic carbocycles. The number of aromatic hydroxyl groups is 1. The van der Waals surface area contributed by atoms with E-state index in [4.69, 9.17) is 21.4 Å². The molecular formula is C11H12ClNO5. The number of phenolic OH excluding ortho intramolecular Hbond substituents is 1. The van der Waals surface area contributed by atoms with Crippen molar-refractivity contribution < 1.29 is 24.5 Å². The Labute approximate surface area is 108 Å². The number of carbonyl (C=O) groups excluding carboxylic acids is 1. The van der Waals surface area contributed by atoms with E-state index in [0.717, 1.165) is 0 Å². The Balaban J connectivity index is 2.36. The molecule has 98 valence electrons. The molecular weight excluding hydrogens is 262 g/mol. The van der Waals surface area contributed by atoms with Gasteiger partial charge in [-0.1, -0.05) is 11.6 Å². The Kier molecular flexibility index (Phi) is 5.41. The fourth-order valence-electron chi connectivity index (χ4n) is 1.15. The van der Waals surface area contributed by atoms with Crippen LogP contribution >= 0.6 is 11.6 Å². The molecule has 0 saturated heterocycles. The molecule has 0 aliphatic heterocycles. The van der Waals surface area contributed by atoms with Crippen LogP contribution in [-0.2, 0) is 9.53 Å². The highest BCUT2D eigenvalue weighted by molar-refractivity contribution is 6.32. The lowest BCUT2D eigenvalue weighted by atomic mass is 10.2. The van der Waals surface area contributed by atoms with Crippen LogP contribution in [0, 0.1) is 0 Å². The number of amides is 1. The van der Waals surface area contributed by atoms with Crippen LogP contribution < -0.4 is 5.32 Å². The van der Waals surface area contributed by atoms with Gasteiger partial charge in [-0.15, -0.1) is 0 Å². The first-order valence-electron chi connectivity index (χ1n) is 5.07. The molecule has 0 spiro atoms. The van der Waals surface area contributed by atoms with Gasteiger partial charge in [0.1, 0.15) is 12.4 Å². The van der Waals surface area contributed by atoms with Crippen LogP contribution in [0.4, 0.5) is 0 Å². The number of benzene rings is 1. The number of rotatable bonds is 6. The standard InChI is InChI=1S/C11H12ClNO5/c12-8-5-7(1-2-9(8)14)11(17)13-3-4-18-6-10(15)16/h1-2,5,14H,3-4,6H2,(H,13,17)(H,15,16). The van der Waals surface area contributed by atoms with Gasteiger partial charge in [0.05, 0.1) is 11.6 Å². The van der Waals surface area contributed by atoms with Crippen molar-refractivity contribution in [2.45, 2.75) is 0 Å². The van der Waals surface area contributed by atoms with Gasteiger partial charge in [0.15, 0.2) is 0 Å². The fraction of sp³-hybridized carbons (Fsp3) is 0.273. The average molecular weight is 274 g/mol. The smallest absolute Gasteiger partial charge is 0.329 e. The first kappa shape index (κ1) is 14.3. The lowest BCUT2D eigenvalue weighted by Gasteiger charge is -2.06. The highest BCUT2D eigenvalue weighted by atomic mass is 35.5. The number of halogens is 1. The first-order chi connectivity index (χ1) is 8.50. The van der Waals surface area contributed by atoms with E-state index in [9.17, 15) is 14.7 Å². The Hall–Kier alpha value is -1.79. The minimum absolute atomic E-state index is 0.0878. The first-order valence-corrected chi connectivity index (χ1v) is 5.44. The van der Waals surface area contributed by atoms with E-state index in [1.807, 2.05) is 0 Å². The molecule has 1 aromatic carbocycles. The van der Waals surface area contributed by atoms with Gasteiger partial charge >= 0.3 is 5.97 Å². The predicted molar refractivity (Wildman–Crippen MR) is 63.9 cm³/mol. The number of phenols is 1. The molecule has 0 atom stereocenters. The number of carbonyl (C=O) groups is 2. The predicted octanol–water partition coefficient (Wildman–Crippen LogP) is 0.877. The zero-order valence-electron chi connectivity index (χ0n) is 9.35. The maximum absolute atomic E-state index is 11.6. The van der Waals surface area contributed by atoms with E-state index in [2.05, 4.69) is 5.32 Å². The van der Waals surface area contributed by atoms with Crippen LogP contribution in [0.2, 0.25) is 5.02 Å². The van der Waals surface area contributed by atoms with Crippen LogP contribution in [-0.4, -0.2) is 41.8 Å². The summed E-state index contributed by atoms with van der Waals surface area (Å²) in [5.74, 6) is -1.54. The van der Waals surface area contributed by atoms with E-state index in [1.54, 1.807) is 0 Å². The molecule has 1 aromatic rings. The average Bonchev–Trinajstić information content (AvgIpc) is 2.31. The molecule has 0 heterocycles. The highest BCUT2D eigenvalue weighted by Crippen LogP contribution is 2.23. The third-order valence-electron chi connectivity index (χ3n) is 1.97. The summed E-state index contributed by atoms with van der Waals surface area (Å²) in [4.78, 5) is 21.7. The summed E-state index contributed by atoms with van der Waals surface area (Å²) < 4.78 is 4.74. The van der Waals surface area contributed by atoms with Crippen LogP contribution in [0.5, 0.6) is 5.75 Å². The fourth-order valence-corrected chi connectivity index (χ4v) is 1.33. The molecule has 0 aromatic heterocycles.